The molecule has 0 bridgehead atoms. The van der Waals surface area contributed by atoms with Gasteiger partial charge in [-0.15, -0.1) is 0 Å². The van der Waals surface area contributed by atoms with Crippen LogP contribution in [0.1, 0.15) is 18.4 Å². The summed E-state index contributed by atoms with van der Waals surface area (Å²) in [4.78, 5) is 0.312. The van der Waals surface area contributed by atoms with Crippen LogP contribution in [0.25, 0.3) is 10.8 Å². The van der Waals surface area contributed by atoms with Gasteiger partial charge in [-0.2, -0.15) is 0 Å². The molecule has 3 aromatic rings. The average Bonchev–Trinajstić information content (AvgIpc) is 3.15. The van der Waals surface area contributed by atoms with Gasteiger partial charge in [0.25, 0.3) is 0 Å². The summed E-state index contributed by atoms with van der Waals surface area (Å²) in [5.41, 5.74) is 1.27. The number of ether oxygens (including phenoxy) is 1. The highest BCUT2D eigenvalue weighted by molar-refractivity contribution is 7.89. The first kappa shape index (κ1) is 19.9. The molecule has 29 heavy (non-hydrogen) atoms. The van der Waals surface area contributed by atoms with E-state index in [0.717, 1.165) is 48.9 Å². The molecular formula is C23H26N2O3S. The number of fused-ring (bicyclic) bond motifs is 2. The lowest BCUT2D eigenvalue weighted by Gasteiger charge is -2.12. The third kappa shape index (κ3) is 4.96. The van der Waals surface area contributed by atoms with Crippen molar-refractivity contribution in [3.05, 3.63) is 72.3 Å². The third-order valence-corrected chi connectivity index (χ3v) is 6.65. The Hall–Kier alpha value is -2.41. The summed E-state index contributed by atoms with van der Waals surface area (Å²) in [6.07, 6.45) is 2.80. The van der Waals surface area contributed by atoms with Gasteiger partial charge < -0.3 is 10.1 Å². The van der Waals surface area contributed by atoms with Crippen molar-refractivity contribution in [1.29, 1.82) is 0 Å². The summed E-state index contributed by atoms with van der Waals surface area (Å²) in [6.45, 7) is 2.08. The minimum atomic E-state index is -3.48. The van der Waals surface area contributed by atoms with Gasteiger partial charge in [-0.3, -0.25) is 0 Å². The Balaban J connectivity index is 1.16. The van der Waals surface area contributed by atoms with E-state index in [1.165, 1.54) is 5.56 Å². The van der Waals surface area contributed by atoms with Crippen molar-refractivity contribution in [3.8, 4) is 5.75 Å². The molecule has 0 aliphatic carbocycles. The number of rotatable bonds is 9. The second-order valence-electron chi connectivity index (χ2n) is 7.37. The molecule has 1 aliphatic heterocycles. The SMILES string of the molecule is O=S(=O)(NCCCCNCC1Cc2ccccc2O1)c1ccc2ccccc2c1. The summed E-state index contributed by atoms with van der Waals surface area (Å²) >= 11 is 0. The Morgan fingerprint density at radius 2 is 1.66 bits per heavy atom. The van der Waals surface area contributed by atoms with E-state index in [1.807, 2.05) is 48.5 Å². The second-order valence-corrected chi connectivity index (χ2v) is 9.14. The minimum Gasteiger partial charge on any atom is -0.488 e. The van der Waals surface area contributed by atoms with Gasteiger partial charge in [0, 0.05) is 19.5 Å². The maximum atomic E-state index is 12.5. The molecule has 4 rings (SSSR count). The van der Waals surface area contributed by atoms with Crippen molar-refractivity contribution in [1.82, 2.24) is 10.0 Å². The van der Waals surface area contributed by atoms with E-state index in [2.05, 4.69) is 16.1 Å². The van der Waals surface area contributed by atoms with Crippen molar-refractivity contribution >= 4 is 20.8 Å². The Kier molecular flexibility index (Phi) is 6.13. The van der Waals surface area contributed by atoms with Crippen LogP contribution in [-0.2, 0) is 16.4 Å². The number of hydrogen-bond acceptors (Lipinski definition) is 4. The number of benzene rings is 3. The number of hydrogen-bond donors (Lipinski definition) is 2. The van der Waals surface area contributed by atoms with Crippen molar-refractivity contribution in [2.45, 2.75) is 30.3 Å². The number of sulfonamides is 1. The molecule has 0 spiro atoms. The molecule has 3 aromatic carbocycles. The lowest BCUT2D eigenvalue weighted by molar-refractivity contribution is 0.227. The highest BCUT2D eigenvalue weighted by Crippen LogP contribution is 2.27. The van der Waals surface area contributed by atoms with Gasteiger partial charge in [0.15, 0.2) is 0 Å². The maximum absolute atomic E-state index is 12.5. The first-order chi connectivity index (χ1) is 14.1. The van der Waals surface area contributed by atoms with Gasteiger partial charge in [0.1, 0.15) is 11.9 Å². The number of unbranched alkanes of at least 4 members (excludes halogenated alkanes) is 1. The van der Waals surface area contributed by atoms with E-state index in [-0.39, 0.29) is 6.10 Å². The topological polar surface area (TPSA) is 67.4 Å². The molecule has 152 valence electrons. The summed E-state index contributed by atoms with van der Waals surface area (Å²) in [7, 11) is -3.48. The smallest absolute Gasteiger partial charge is 0.240 e. The third-order valence-electron chi connectivity index (χ3n) is 5.19. The summed E-state index contributed by atoms with van der Waals surface area (Å²) in [5, 5.41) is 5.37. The second kappa shape index (κ2) is 8.95. The van der Waals surface area contributed by atoms with Crippen molar-refractivity contribution < 1.29 is 13.2 Å². The maximum Gasteiger partial charge on any atom is 0.240 e. The summed E-state index contributed by atoms with van der Waals surface area (Å²) in [6, 6.07) is 21.1. The van der Waals surface area contributed by atoms with Crippen molar-refractivity contribution in [2.24, 2.45) is 0 Å². The standard InChI is InChI=1S/C23H26N2O3S/c26-29(27,22-12-11-18-7-1-2-8-19(18)16-22)25-14-6-5-13-24-17-21-15-20-9-3-4-10-23(20)28-21/h1-4,7-12,16,21,24-25H,5-6,13-15,17H2. The molecule has 1 heterocycles. The van der Waals surface area contributed by atoms with Gasteiger partial charge >= 0.3 is 0 Å². The van der Waals surface area contributed by atoms with Crippen LogP contribution < -0.4 is 14.8 Å². The van der Waals surface area contributed by atoms with E-state index in [9.17, 15) is 8.42 Å². The molecule has 5 nitrogen and oxygen atoms in total. The molecule has 0 saturated carbocycles. The van der Waals surface area contributed by atoms with Crippen LogP contribution in [-0.4, -0.2) is 34.2 Å². The quantitative estimate of drug-likeness (QED) is 0.530. The van der Waals surface area contributed by atoms with Gasteiger partial charge in [-0.05, 0) is 53.9 Å². The zero-order valence-electron chi connectivity index (χ0n) is 16.3. The number of nitrogens with one attached hydrogen (secondary N) is 2. The van der Waals surface area contributed by atoms with Crippen LogP contribution >= 0.6 is 0 Å². The van der Waals surface area contributed by atoms with Crippen molar-refractivity contribution in [2.75, 3.05) is 19.6 Å². The fourth-order valence-corrected chi connectivity index (χ4v) is 4.74. The predicted octanol–water partition coefficient (Wildman–Crippen LogP) is 3.49. The molecule has 1 atom stereocenters. The van der Waals surface area contributed by atoms with Gasteiger partial charge in [-0.1, -0.05) is 48.5 Å². The Bertz CT molecular complexity index is 1060. The molecule has 2 N–H and O–H groups in total. The van der Waals surface area contributed by atoms with E-state index in [0.29, 0.717) is 11.4 Å². The molecule has 1 aliphatic rings. The highest BCUT2D eigenvalue weighted by atomic mass is 32.2. The molecule has 6 heteroatoms. The summed E-state index contributed by atoms with van der Waals surface area (Å²) < 4.78 is 33.6. The van der Waals surface area contributed by atoms with Crippen LogP contribution in [0, 0.1) is 0 Å². The normalized spacial score (nSPS) is 15.9. The first-order valence-corrected chi connectivity index (χ1v) is 11.5. The van der Waals surface area contributed by atoms with E-state index >= 15 is 0 Å². The van der Waals surface area contributed by atoms with Crippen LogP contribution in [0.3, 0.4) is 0 Å². The fraction of sp³-hybridized carbons (Fsp3) is 0.304. The van der Waals surface area contributed by atoms with Gasteiger partial charge in [0.05, 0.1) is 4.90 Å². The molecule has 1 unspecified atom stereocenters. The molecule has 0 amide bonds. The van der Waals surface area contributed by atoms with Crippen molar-refractivity contribution in [3.63, 3.8) is 0 Å². The molecule has 0 radical (unpaired) electrons. The summed E-state index contributed by atoms with van der Waals surface area (Å²) in [5.74, 6) is 0.988. The molecule has 0 saturated heterocycles. The Morgan fingerprint density at radius 3 is 2.52 bits per heavy atom. The monoisotopic (exact) mass is 410 g/mol. The lowest BCUT2D eigenvalue weighted by atomic mass is 10.1. The zero-order valence-corrected chi connectivity index (χ0v) is 17.1. The Morgan fingerprint density at radius 1 is 0.897 bits per heavy atom. The lowest BCUT2D eigenvalue weighted by Crippen LogP contribution is -2.31. The van der Waals surface area contributed by atoms with Gasteiger partial charge in [0.2, 0.25) is 10.0 Å². The molecule has 0 fully saturated rings. The number of para-hydroxylation sites is 1. The average molecular weight is 411 g/mol. The minimum absolute atomic E-state index is 0.179. The first-order valence-electron chi connectivity index (χ1n) is 10.1. The highest BCUT2D eigenvalue weighted by Gasteiger charge is 2.21. The van der Waals surface area contributed by atoms with E-state index < -0.39 is 10.0 Å². The van der Waals surface area contributed by atoms with Gasteiger partial charge in [-0.25, -0.2) is 13.1 Å². The van der Waals surface area contributed by atoms with Crippen LogP contribution in [0.15, 0.2) is 71.6 Å². The fourth-order valence-electron chi connectivity index (χ4n) is 3.63. The molecule has 0 aromatic heterocycles. The van der Waals surface area contributed by atoms with E-state index in [1.54, 1.807) is 12.1 Å². The molecular weight excluding hydrogens is 384 g/mol. The largest absolute Gasteiger partial charge is 0.488 e. The van der Waals surface area contributed by atoms with E-state index in [4.69, 9.17) is 4.74 Å². The Labute approximate surface area is 172 Å². The van der Waals surface area contributed by atoms with Crippen LogP contribution in [0.2, 0.25) is 0 Å². The van der Waals surface area contributed by atoms with Crippen LogP contribution in [0.5, 0.6) is 5.75 Å². The van der Waals surface area contributed by atoms with Crippen LogP contribution in [0.4, 0.5) is 0 Å². The zero-order chi connectivity index (χ0) is 20.1. The predicted molar refractivity (Wildman–Crippen MR) is 116 cm³/mol.